The molecule has 0 saturated carbocycles. The van der Waals surface area contributed by atoms with Crippen molar-refractivity contribution in [2.75, 3.05) is 26.1 Å². The molecule has 1 aromatic rings. The molecule has 63 heavy (non-hydrogen) atoms. The second kappa shape index (κ2) is 21.5. The Morgan fingerprint density at radius 1 is 0.841 bits per heavy atom. The second-order valence-corrected chi connectivity index (χ2v) is 34.5. The Bertz CT molecular complexity index is 1780. The van der Waals surface area contributed by atoms with Crippen LogP contribution in [0.3, 0.4) is 0 Å². The highest BCUT2D eigenvalue weighted by Crippen LogP contribution is 2.44. The number of esters is 1. The van der Waals surface area contributed by atoms with Crippen LogP contribution in [0.4, 0.5) is 0 Å². The molecule has 0 aromatic heterocycles. The number of methoxy groups -OCH3 is 1. The Morgan fingerprint density at radius 3 is 2.05 bits per heavy atom. The van der Waals surface area contributed by atoms with Gasteiger partial charge in [0.05, 0.1) is 78.1 Å². The standard InChI is InChI=1S/C50H86O10SSi2/c1-34-28-38(25-26-42-35(2)29-37(57-42)22-21-27-55-47(51)48(4,5)6)58-43(36(34)3)31-44-41(33-61(52,53)40-23-19-18-20-24-40)46(54-13)45(59-44)30-39(60-63(16,17)50(10,11)12)32-56-62(14,15)49(7,8)9/h18-20,23-24,34,37-39,41-46H,2-3,21-22,25-33H2,1,4-17H3/t34-,37+,38+,39?,41+,42+,43-,44+,45-,46-/m1/s1. The van der Waals surface area contributed by atoms with Gasteiger partial charge in [0.1, 0.15) is 0 Å². The van der Waals surface area contributed by atoms with Crippen molar-refractivity contribution in [3.05, 3.63) is 54.6 Å². The van der Waals surface area contributed by atoms with E-state index in [0.29, 0.717) is 26.1 Å². The second-order valence-electron chi connectivity index (χ2n) is 22.9. The monoisotopic (exact) mass is 935 g/mol. The zero-order valence-corrected chi connectivity index (χ0v) is 44.7. The highest BCUT2D eigenvalue weighted by molar-refractivity contribution is 7.91. The molecule has 1 unspecified atom stereocenters. The molecule has 360 valence electrons. The van der Waals surface area contributed by atoms with Crippen molar-refractivity contribution in [3.63, 3.8) is 0 Å². The topological polar surface area (TPSA) is 116 Å². The Labute approximate surface area is 385 Å². The van der Waals surface area contributed by atoms with Gasteiger partial charge in [-0.1, -0.05) is 79.8 Å². The summed E-state index contributed by atoms with van der Waals surface area (Å²) >= 11 is 0. The average molecular weight is 935 g/mol. The Hall–Kier alpha value is -1.69. The Morgan fingerprint density at radius 2 is 1.46 bits per heavy atom. The van der Waals surface area contributed by atoms with Gasteiger partial charge in [0.2, 0.25) is 0 Å². The van der Waals surface area contributed by atoms with E-state index in [0.717, 1.165) is 49.7 Å². The lowest BCUT2D eigenvalue weighted by Crippen LogP contribution is -2.49. The summed E-state index contributed by atoms with van der Waals surface area (Å²) in [6, 6.07) is 8.68. The van der Waals surface area contributed by atoms with Crippen LogP contribution in [0.1, 0.15) is 121 Å². The van der Waals surface area contributed by atoms with E-state index in [1.165, 1.54) is 0 Å². The van der Waals surface area contributed by atoms with Crippen molar-refractivity contribution < 1.29 is 45.7 Å². The minimum Gasteiger partial charge on any atom is -0.465 e. The zero-order chi connectivity index (χ0) is 47.3. The number of rotatable bonds is 20. The van der Waals surface area contributed by atoms with Gasteiger partial charge >= 0.3 is 5.97 Å². The maximum Gasteiger partial charge on any atom is 0.311 e. The molecule has 3 saturated heterocycles. The minimum absolute atomic E-state index is 0.0249. The third-order valence-electron chi connectivity index (χ3n) is 14.6. The van der Waals surface area contributed by atoms with E-state index in [-0.39, 0.29) is 63.1 Å². The summed E-state index contributed by atoms with van der Waals surface area (Å²) in [5.74, 6) is -0.559. The van der Waals surface area contributed by atoms with Crippen molar-refractivity contribution in [2.24, 2.45) is 17.3 Å². The first-order chi connectivity index (χ1) is 29.0. The molecule has 3 aliphatic heterocycles. The van der Waals surface area contributed by atoms with Gasteiger partial charge in [-0.2, -0.15) is 0 Å². The number of carbonyl (C=O) groups is 1. The van der Waals surface area contributed by atoms with Crippen LogP contribution in [-0.4, -0.2) is 106 Å². The summed E-state index contributed by atoms with van der Waals surface area (Å²) in [5, 5.41) is 0.00122. The Kier molecular flexibility index (Phi) is 18.4. The predicted molar refractivity (Wildman–Crippen MR) is 259 cm³/mol. The number of sulfone groups is 1. The van der Waals surface area contributed by atoms with E-state index in [2.05, 4.69) is 87.8 Å². The van der Waals surface area contributed by atoms with Crippen LogP contribution in [-0.2, 0) is 47.2 Å². The molecule has 13 heteroatoms. The van der Waals surface area contributed by atoms with E-state index in [9.17, 15) is 13.2 Å². The quantitative estimate of drug-likeness (QED) is 0.0541. The minimum atomic E-state index is -3.70. The fourth-order valence-corrected chi connectivity index (χ4v) is 12.5. The molecule has 3 fully saturated rings. The van der Waals surface area contributed by atoms with Crippen LogP contribution in [0.5, 0.6) is 0 Å². The summed E-state index contributed by atoms with van der Waals surface area (Å²) in [5.41, 5.74) is 1.59. The van der Waals surface area contributed by atoms with E-state index in [4.69, 9.17) is 32.5 Å². The highest BCUT2D eigenvalue weighted by atomic mass is 32.2. The zero-order valence-electron chi connectivity index (χ0n) is 41.8. The van der Waals surface area contributed by atoms with Crippen molar-refractivity contribution >= 4 is 32.4 Å². The summed E-state index contributed by atoms with van der Waals surface area (Å²) < 4.78 is 74.5. The fourth-order valence-electron chi connectivity index (χ4n) is 8.45. The van der Waals surface area contributed by atoms with Crippen LogP contribution in [0.25, 0.3) is 0 Å². The van der Waals surface area contributed by atoms with Gasteiger partial charge in [0.25, 0.3) is 0 Å². The number of benzene rings is 1. The largest absolute Gasteiger partial charge is 0.465 e. The van der Waals surface area contributed by atoms with Crippen LogP contribution in [0.2, 0.25) is 36.3 Å². The summed E-state index contributed by atoms with van der Waals surface area (Å²) in [6.07, 6.45) is 3.78. The molecule has 0 N–H and O–H groups in total. The number of ether oxygens (including phenoxy) is 5. The molecule has 0 radical (unpaired) electrons. The molecule has 4 rings (SSSR count). The van der Waals surface area contributed by atoms with Crippen molar-refractivity contribution in [1.29, 1.82) is 0 Å². The molecule has 10 nitrogen and oxygen atoms in total. The molecule has 0 bridgehead atoms. The molecule has 0 spiro atoms. The van der Waals surface area contributed by atoms with E-state index in [1.807, 2.05) is 26.8 Å². The first-order valence-corrected chi connectivity index (χ1v) is 31.0. The van der Waals surface area contributed by atoms with Gasteiger partial charge in [-0.15, -0.1) is 0 Å². The third kappa shape index (κ3) is 14.7. The predicted octanol–water partition coefficient (Wildman–Crippen LogP) is 11.3. The van der Waals surface area contributed by atoms with Gasteiger partial charge in [0, 0.05) is 25.9 Å². The molecular formula is C50H86O10SSi2. The SMILES string of the molecule is C=C1C[C@H](CCCOC(=O)C(C)(C)C)O[C@H]1CC[C@H]1C[C@@H](C)C(=C)[C@@H](C[C@@H]2O[C@H](CC(CO[Si](C)(C)C(C)(C)C)O[Si](C)(C)C(C)(C)C)[C@H](OC)[C@H]2CS(=O)(=O)c2ccccc2)O1. The van der Waals surface area contributed by atoms with Gasteiger partial charge < -0.3 is 32.5 Å². The fraction of sp³-hybridized carbons (Fsp3) is 0.780. The summed E-state index contributed by atoms with van der Waals surface area (Å²) in [4.78, 5) is 12.5. The third-order valence-corrected chi connectivity index (χ3v) is 25.5. The molecular weight excluding hydrogens is 849 g/mol. The lowest BCUT2D eigenvalue weighted by Gasteiger charge is -2.42. The van der Waals surface area contributed by atoms with Crippen LogP contribution in [0, 0.1) is 17.3 Å². The van der Waals surface area contributed by atoms with Gasteiger partial charge in [0.15, 0.2) is 26.5 Å². The average Bonchev–Trinajstić information content (AvgIpc) is 3.68. The molecule has 0 amide bonds. The summed E-state index contributed by atoms with van der Waals surface area (Å²) in [6.45, 7) is 40.0. The number of carbonyl (C=O) groups excluding carboxylic acids is 1. The van der Waals surface area contributed by atoms with Gasteiger partial charge in [-0.3, -0.25) is 4.79 Å². The maximum absolute atomic E-state index is 14.2. The lowest BCUT2D eigenvalue weighted by molar-refractivity contribution is -0.153. The highest BCUT2D eigenvalue weighted by Gasteiger charge is 2.50. The van der Waals surface area contributed by atoms with Crippen molar-refractivity contribution in [2.45, 2.75) is 211 Å². The van der Waals surface area contributed by atoms with Gasteiger partial charge in [-0.25, -0.2) is 8.42 Å². The smallest absolute Gasteiger partial charge is 0.311 e. The Balaban J connectivity index is 1.52. The number of hydrogen-bond donors (Lipinski definition) is 0. The maximum atomic E-state index is 14.2. The van der Waals surface area contributed by atoms with Crippen LogP contribution >= 0.6 is 0 Å². The van der Waals surface area contributed by atoms with Gasteiger partial charge in [-0.05, 0) is 125 Å². The van der Waals surface area contributed by atoms with Crippen LogP contribution < -0.4 is 0 Å². The lowest BCUT2D eigenvalue weighted by atomic mass is 9.83. The molecule has 10 atom stereocenters. The van der Waals surface area contributed by atoms with E-state index >= 15 is 0 Å². The molecule has 1 aromatic carbocycles. The van der Waals surface area contributed by atoms with E-state index in [1.54, 1.807) is 31.4 Å². The first-order valence-electron chi connectivity index (χ1n) is 23.6. The van der Waals surface area contributed by atoms with E-state index < -0.39 is 56.1 Å². The van der Waals surface area contributed by atoms with Crippen LogP contribution in [0.15, 0.2) is 59.5 Å². The summed E-state index contributed by atoms with van der Waals surface area (Å²) in [7, 11) is -6.41. The normalized spacial score (nSPS) is 28.4. The van der Waals surface area contributed by atoms with Crippen molar-refractivity contribution in [1.82, 2.24) is 0 Å². The first kappa shape index (κ1) is 53.9. The molecule has 0 aliphatic carbocycles. The molecule has 3 heterocycles. The number of hydrogen-bond acceptors (Lipinski definition) is 10. The van der Waals surface area contributed by atoms with Crippen molar-refractivity contribution in [3.8, 4) is 0 Å². The molecule has 3 aliphatic rings.